The number of hydrogen-bond acceptors (Lipinski definition) is 0. The van der Waals surface area contributed by atoms with Gasteiger partial charge in [-0.1, -0.05) is 61.9 Å². The van der Waals surface area contributed by atoms with Gasteiger partial charge in [-0.3, -0.25) is 0 Å². The molecule has 25 heavy (non-hydrogen) atoms. The third-order valence-corrected chi connectivity index (χ3v) is 4.47. The monoisotopic (exact) mass is 336 g/mol. The van der Waals surface area contributed by atoms with Crippen LogP contribution in [0.4, 0.5) is 8.78 Å². The van der Waals surface area contributed by atoms with Crippen molar-refractivity contribution in [1.29, 1.82) is 0 Å². The van der Waals surface area contributed by atoms with E-state index in [-0.39, 0.29) is 11.6 Å². The maximum Gasteiger partial charge on any atom is 0.126 e. The van der Waals surface area contributed by atoms with Crippen molar-refractivity contribution in [2.24, 2.45) is 0 Å². The molecular weight excluding hydrogens is 314 g/mol. The molecule has 0 atom stereocenters. The van der Waals surface area contributed by atoms with Gasteiger partial charge in [0.25, 0.3) is 0 Å². The van der Waals surface area contributed by atoms with Gasteiger partial charge in [0.15, 0.2) is 0 Å². The maximum atomic E-state index is 14.2. The average Bonchev–Trinajstić information content (AvgIpc) is 2.62. The van der Waals surface area contributed by atoms with Gasteiger partial charge in [0, 0.05) is 0 Å². The molecule has 0 aliphatic rings. The van der Waals surface area contributed by atoms with Gasteiger partial charge in [-0.05, 0) is 65.3 Å². The second-order valence-corrected chi connectivity index (χ2v) is 6.38. The van der Waals surface area contributed by atoms with Crippen LogP contribution >= 0.6 is 0 Å². The highest BCUT2D eigenvalue weighted by molar-refractivity contribution is 5.63. The topological polar surface area (TPSA) is 0 Å². The van der Waals surface area contributed by atoms with E-state index in [0.29, 0.717) is 6.42 Å². The van der Waals surface area contributed by atoms with Gasteiger partial charge >= 0.3 is 0 Å². The quantitative estimate of drug-likeness (QED) is 0.490. The van der Waals surface area contributed by atoms with E-state index in [2.05, 4.69) is 19.1 Å². The molecule has 0 fully saturated rings. The van der Waals surface area contributed by atoms with Crippen LogP contribution in [0.15, 0.2) is 66.7 Å². The van der Waals surface area contributed by atoms with Crippen LogP contribution in [0.1, 0.15) is 30.0 Å². The molecule has 3 aromatic carbocycles. The molecule has 0 radical (unpaired) electrons. The SMILES string of the molecule is CCCc1ccc(CCc2ccc(-c3ccc(F)cc3)cc2)c(F)c1. The third kappa shape index (κ3) is 4.54. The molecule has 0 nitrogen and oxygen atoms in total. The summed E-state index contributed by atoms with van der Waals surface area (Å²) >= 11 is 0. The fraction of sp³-hybridized carbons (Fsp3) is 0.217. The molecular formula is C23H22F2. The molecule has 0 heterocycles. The summed E-state index contributed by atoms with van der Waals surface area (Å²) in [6.45, 7) is 2.10. The minimum Gasteiger partial charge on any atom is -0.207 e. The number of rotatable bonds is 6. The first-order chi connectivity index (χ1) is 12.2. The summed E-state index contributed by atoms with van der Waals surface area (Å²) in [5.74, 6) is -0.332. The molecule has 2 heteroatoms. The van der Waals surface area contributed by atoms with Crippen molar-refractivity contribution in [3.63, 3.8) is 0 Å². The Morgan fingerprint density at radius 2 is 1.24 bits per heavy atom. The summed E-state index contributed by atoms with van der Waals surface area (Å²) in [4.78, 5) is 0. The largest absolute Gasteiger partial charge is 0.207 e. The Kier molecular flexibility index (Phi) is 5.60. The van der Waals surface area contributed by atoms with Gasteiger partial charge in [-0.25, -0.2) is 8.78 Å². The summed E-state index contributed by atoms with van der Waals surface area (Å²) in [5.41, 5.74) is 5.04. The molecule has 0 aliphatic heterocycles. The van der Waals surface area contributed by atoms with Crippen molar-refractivity contribution in [2.45, 2.75) is 32.6 Å². The standard InChI is InChI=1S/C23H22F2/c1-2-3-18-7-11-21(23(25)16-18)10-6-17-4-8-19(9-5-17)20-12-14-22(24)15-13-20/h4-5,7-9,11-16H,2-3,6,10H2,1H3. The van der Waals surface area contributed by atoms with Crippen LogP contribution in [-0.4, -0.2) is 0 Å². The average molecular weight is 336 g/mol. The number of hydrogen-bond donors (Lipinski definition) is 0. The minimum atomic E-state index is -0.229. The van der Waals surface area contributed by atoms with Crippen molar-refractivity contribution in [2.75, 3.05) is 0 Å². The van der Waals surface area contributed by atoms with Gasteiger partial charge in [0.2, 0.25) is 0 Å². The fourth-order valence-electron chi connectivity index (χ4n) is 3.02. The molecule has 0 spiro atoms. The Labute approximate surface area is 148 Å². The second-order valence-electron chi connectivity index (χ2n) is 6.38. The highest BCUT2D eigenvalue weighted by Crippen LogP contribution is 2.21. The lowest BCUT2D eigenvalue weighted by atomic mass is 9.99. The van der Waals surface area contributed by atoms with Gasteiger partial charge in [-0.2, -0.15) is 0 Å². The summed E-state index contributed by atoms with van der Waals surface area (Å²) in [7, 11) is 0. The van der Waals surface area contributed by atoms with Crippen LogP contribution in [0.25, 0.3) is 11.1 Å². The molecule has 0 saturated heterocycles. The first-order valence-electron chi connectivity index (χ1n) is 8.78. The maximum absolute atomic E-state index is 14.2. The number of aryl methyl sites for hydroxylation is 3. The Morgan fingerprint density at radius 1 is 0.640 bits per heavy atom. The first kappa shape index (κ1) is 17.3. The summed E-state index contributed by atoms with van der Waals surface area (Å²) in [6.07, 6.45) is 3.43. The van der Waals surface area contributed by atoms with E-state index < -0.39 is 0 Å². The Bertz CT molecular complexity index is 818. The van der Waals surface area contributed by atoms with Crippen molar-refractivity contribution in [1.82, 2.24) is 0 Å². The van der Waals surface area contributed by atoms with E-state index >= 15 is 0 Å². The van der Waals surface area contributed by atoms with E-state index in [4.69, 9.17) is 0 Å². The predicted molar refractivity (Wildman–Crippen MR) is 99.6 cm³/mol. The molecule has 128 valence electrons. The highest BCUT2D eigenvalue weighted by Gasteiger charge is 2.05. The van der Waals surface area contributed by atoms with Crippen LogP contribution < -0.4 is 0 Å². The lowest BCUT2D eigenvalue weighted by Gasteiger charge is -2.07. The molecule has 0 saturated carbocycles. The third-order valence-electron chi connectivity index (χ3n) is 4.47. The van der Waals surface area contributed by atoms with Crippen LogP contribution in [0.5, 0.6) is 0 Å². The zero-order chi connectivity index (χ0) is 17.6. The van der Waals surface area contributed by atoms with Crippen LogP contribution in [0, 0.1) is 11.6 Å². The van der Waals surface area contributed by atoms with Crippen molar-refractivity contribution in [3.8, 4) is 11.1 Å². The van der Waals surface area contributed by atoms with Gasteiger partial charge < -0.3 is 0 Å². The first-order valence-corrected chi connectivity index (χ1v) is 8.78. The fourth-order valence-corrected chi connectivity index (χ4v) is 3.02. The predicted octanol–water partition coefficient (Wildman–Crippen LogP) is 6.37. The molecule has 0 N–H and O–H groups in total. The number of halogens is 2. The zero-order valence-corrected chi connectivity index (χ0v) is 14.4. The van der Waals surface area contributed by atoms with Crippen molar-refractivity contribution < 1.29 is 8.78 Å². The normalized spacial score (nSPS) is 10.8. The Balaban J connectivity index is 1.65. The van der Waals surface area contributed by atoms with Crippen LogP contribution in [0.3, 0.4) is 0 Å². The molecule has 0 aromatic heterocycles. The molecule has 3 aromatic rings. The van der Waals surface area contributed by atoms with Crippen LogP contribution in [-0.2, 0) is 19.3 Å². The summed E-state index contributed by atoms with van der Waals surface area (Å²) < 4.78 is 27.2. The lowest BCUT2D eigenvalue weighted by Crippen LogP contribution is -1.96. The highest BCUT2D eigenvalue weighted by atomic mass is 19.1. The molecule has 3 rings (SSSR count). The summed E-state index contributed by atoms with van der Waals surface area (Å²) in [5, 5.41) is 0. The van der Waals surface area contributed by atoms with E-state index in [0.717, 1.165) is 41.5 Å². The number of benzene rings is 3. The van der Waals surface area contributed by atoms with Gasteiger partial charge in [-0.15, -0.1) is 0 Å². The summed E-state index contributed by atoms with van der Waals surface area (Å²) in [6, 6.07) is 20.3. The molecule has 0 bridgehead atoms. The Morgan fingerprint density at radius 3 is 1.84 bits per heavy atom. The van der Waals surface area contributed by atoms with Crippen LogP contribution in [0.2, 0.25) is 0 Å². The molecule has 0 aliphatic carbocycles. The molecule has 0 amide bonds. The van der Waals surface area contributed by atoms with E-state index in [1.165, 1.54) is 17.7 Å². The van der Waals surface area contributed by atoms with E-state index in [1.807, 2.05) is 24.3 Å². The van der Waals surface area contributed by atoms with Gasteiger partial charge in [0.05, 0.1) is 0 Å². The van der Waals surface area contributed by atoms with E-state index in [1.54, 1.807) is 18.2 Å². The van der Waals surface area contributed by atoms with Crippen molar-refractivity contribution >= 4 is 0 Å². The van der Waals surface area contributed by atoms with E-state index in [9.17, 15) is 8.78 Å². The molecule has 0 unspecified atom stereocenters. The van der Waals surface area contributed by atoms with Gasteiger partial charge in [0.1, 0.15) is 11.6 Å². The van der Waals surface area contributed by atoms with Crippen molar-refractivity contribution in [3.05, 3.63) is 95.1 Å². The smallest absolute Gasteiger partial charge is 0.126 e. The Hall–Kier alpha value is -2.48. The second kappa shape index (κ2) is 8.06. The minimum absolute atomic E-state index is 0.103. The zero-order valence-electron chi connectivity index (χ0n) is 14.4. The lowest BCUT2D eigenvalue weighted by molar-refractivity contribution is 0.606.